The highest BCUT2D eigenvalue weighted by Crippen LogP contribution is 2.37. The molecule has 0 aromatic heterocycles. The van der Waals surface area contributed by atoms with Crippen LogP contribution >= 0.6 is 11.6 Å². The van der Waals surface area contributed by atoms with Gasteiger partial charge in [0.2, 0.25) is 0 Å². The number of hydrogen-bond donors (Lipinski definition) is 2. The Morgan fingerprint density at radius 1 is 1.14 bits per heavy atom. The van der Waals surface area contributed by atoms with Crippen LogP contribution in [-0.2, 0) is 13.2 Å². The Labute approximate surface area is 173 Å². The van der Waals surface area contributed by atoms with Crippen molar-refractivity contribution >= 4 is 11.6 Å². The molecular weight excluding hydrogens is 374 g/mol. The van der Waals surface area contributed by atoms with Crippen LogP contribution in [0.15, 0.2) is 36.4 Å². The van der Waals surface area contributed by atoms with Gasteiger partial charge in [-0.15, -0.1) is 0 Å². The van der Waals surface area contributed by atoms with Crippen LogP contribution in [0.25, 0.3) is 0 Å². The van der Waals surface area contributed by atoms with Gasteiger partial charge in [0.15, 0.2) is 11.5 Å². The minimum Gasteiger partial charge on any atom is -0.493 e. The van der Waals surface area contributed by atoms with Crippen LogP contribution in [0.5, 0.6) is 11.5 Å². The third kappa shape index (κ3) is 6.11. The molecule has 152 valence electrons. The summed E-state index contributed by atoms with van der Waals surface area (Å²) in [6.45, 7) is 9.69. The van der Waals surface area contributed by atoms with Crippen LogP contribution in [-0.4, -0.2) is 51.3 Å². The van der Waals surface area contributed by atoms with E-state index in [-0.39, 0.29) is 0 Å². The van der Waals surface area contributed by atoms with Crippen molar-refractivity contribution in [1.82, 2.24) is 15.5 Å². The van der Waals surface area contributed by atoms with E-state index in [9.17, 15) is 0 Å². The molecule has 2 aromatic rings. The molecule has 6 heteroatoms. The van der Waals surface area contributed by atoms with Gasteiger partial charge in [-0.1, -0.05) is 41.4 Å². The molecular formula is C22H30ClN3O2. The minimum atomic E-state index is 0.458. The van der Waals surface area contributed by atoms with Crippen molar-refractivity contribution in [2.45, 2.75) is 20.1 Å². The Morgan fingerprint density at radius 2 is 1.96 bits per heavy atom. The third-order valence-corrected chi connectivity index (χ3v) is 5.18. The predicted octanol–water partition coefficient (Wildman–Crippen LogP) is 3.23. The number of piperazine rings is 1. The molecule has 0 unspecified atom stereocenters. The van der Waals surface area contributed by atoms with Gasteiger partial charge in [-0.25, -0.2) is 0 Å². The summed E-state index contributed by atoms with van der Waals surface area (Å²) in [6.07, 6.45) is 0. The number of halogens is 1. The second-order valence-electron chi connectivity index (χ2n) is 7.16. The molecule has 1 aliphatic heterocycles. The Hall–Kier alpha value is -1.79. The van der Waals surface area contributed by atoms with Gasteiger partial charge in [0.05, 0.1) is 12.1 Å². The minimum absolute atomic E-state index is 0.458. The van der Waals surface area contributed by atoms with Gasteiger partial charge >= 0.3 is 0 Å². The molecule has 2 N–H and O–H groups in total. The summed E-state index contributed by atoms with van der Waals surface area (Å²) in [5.74, 6) is 1.26. The SMILES string of the molecule is COc1cc(CNCCN2CCNCC2)cc(Cl)c1OCc1cccc(C)c1. The number of nitrogens with one attached hydrogen (secondary N) is 2. The van der Waals surface area contributed by atoms with Crippen molar-refractivity contribution in [3.63, 3.8) is 0 Å². The average Bonchev–Trinajstić information content (AvgIpc) is 2.71. The Morgan fingerprint density at radius 3 is 2.71 bits per heavy atom. The van der Waals surface area contributed by atoms with Gasteiger partial charge < -0.3 is 20.1 Å². The van der Waals surface area contributed by atoms with E-state index >= 15 is 0 Å². The first-order valence-electron chi connectivity index (χ1n) is 9.84. The smallest absolute Gasteiger partial charge is 0.180 e. The second-order valence-corrected chi connectivity index (χ2v) is 7.56. The monoisotopic (exact) mass is 403 g/mol. The summed E-state index contributed by atoms with van der Waals surface area (Å²) in [5, 5.41) is 7.44. The number of hydrogen-bond acceptors (Lipinski definition) is 5. The zero-order valence-corrected chi connectivity index (χ0v) is 17.5. The molecule has 0 aliphatic carbocycles. The lowest BCUT2D eigenvalue weighted by atomic mass is 10.1. The maximum Gasteiger partial charge on any atom is 0.180 e. The first kappa shape index (κ1) is 20.9. The summed E-state index contributed by atoms with van der Waals surface area (Å²) in [6, 6.07) is 12.2. The van der Waals surface area contributed by atoms with Crippen LogP contribution in [0.1, 0.15) is 16.7 Å². The lowest BCUT2D eigenvalue weighted by molar-refractivity contribution is 0.241. The molecule has 1 saturated heterocycles. The molecule has 1 heterocycles. The van der Waals surface area contributed by atoms with E-state index in [2.05, 4.69) is 34.6 Å². The molecule has 0 radical (unpaired) electrons. The molecule has 0 spiro atoms. The van der Waals surface area contributed by atoms with E-state index in [1.807, 2.05) is 24.3 Å². The zero-order chi connectivity index (χ0) is 19.8. The summed E-state index contributed by atoms with van der Waals surface area (Å²) < 4.78 is 11.5. The van der Waals surface area contributed by atoms with Crippen LogP contribution < -0.4 is 20.1 Å². The average molecular weight is 404 g/mol. The first-order chi connectivity index (χ1) is 13.7. The van der Waals surface area contributed by atoms with E-state index in [1.54, 1.807) is 7.11 Å². The fraction of sp³-hybridized carbons (Fsp3) is 0.455. The van der Waals surface area contributed by atoms with Crippen molar-refractivity contribution < 1.29 is 9.47 Å². The number of nitrogens with zero attached hydrogens (tertiary/aromatic N) is 1. The zero-order valence-electron chi connectivity index (χ0n) is 16.8. The van der Waals surface area contributed by atoms with Crippen LogP contribution in [0.4, 0.5) is 0 Å². The van der Waals surface area contributed by atoms with Crippen LogP contribution in [0.2, 0.25) is 5.02 Å². The molecule has 0 amide bonds. The highest BCUT2D eigenvalue weighted by Gasteiger charge is 2.13. The molecule has 1 fully saturated rings. The Balaban J connectivity index is 1.54. The van der Waals surface area contributed by atoms with Gasteiger partial charge in [0.25, 0.3) is 0 Å². The predicted molar refractivity (Wildman–Crippen MR) is 115 cm³/mol. The van der Waals surface area contributed by atoms with Crippen molar-refractivity contribution in [1.29, 1.82) is 0 Å². The number of rotatable bonds is 9. The lowest BCUT2D eigenvalue weighted by Crippen LogP contribution is -2.45. The normalized spacial score (nSPS) is 14.8. The van der Waals surface area contributed by atoms with Gasteiger partial charge in [0, 0.05) is 45.8 Å². The second kappa shape index (κ2) is 10.7. The fourth-order valence-electron chi connectivity index (χ4n) is 3.38. The van der Waals surface area contributed by atoms with E-state index in [1.165, 1.54) is 5.56 Å². The number of ether oxygens (including phenoxy) is 2. The highest BCUT2D eigenvalue weighted by atomic mass is 35.5. The molecule has 3 rings (SSSR count). The van der Waals surface area contributed by atoms with Crippen molar-refractivity contribution in [2.75, 3.05) is 46.4 Å². The van der Waals surface area contributed by atoms with E-state index in [0.29, 0.717) is 23.1 Å². The highest BCUT2D eigenvalue weighted by molar-refractivity contribution is 6.32. The first-order valence-corrected chi connectivity index (χ1v) is 10.2. The van der Waals surface area contributed by atoms with Gasteiger partial charge in [-0.05, 0) is 30.2 Å². The van der Waals surface area contributed by atoms with Crippen LogP contribution in [0, 0.1) is 6.92 Å². The molecule has 5 nitrogen and oxygen atoms in total. The largest absolute Gasteiger partial charge is 0.493 e. The van der Waals surface area contributed by atoms with E-state index in [4.69, 9.17) is 21.1 Å². The van der Waals surface area contributed by atoms with Crippen LogP contribution in [0.3, 0.4) is 0 Å². The molecule has 1 aliphatic rings. The van der Waals surface area contributed by atoms with Crippen molar-refractivity contribution in [3.8, 4) is 11.5 Å². The molecule has 28 heavy (non-hydrogen) atoms. The van der Waals surface area contributed by atoms with Crippen molar-refractivity contribution in [2.24, 2.45) is 0 Å². The molecule has 2 aromatic carbocycles. The van der Waals surface area contributed by atoms with Gasteiger partial charge in [-0.2, -0.15) is 0 Å². The molecule has 0 atom stereocenters. The molecule has 0 saturated carbocycles. The maximum absolute atomic E-state index is 6.50. The Kier molecular flexibility index (Phi) is 7.98. The number of methoxy groups -OCH3 is 1. The molecule has 0 bridgehead atoms. The summed E-state index contributed by atoms with van der Waals surface area (Å²) in [4.78, 5) is 2.47. The van der Waals surface area contributed by atoms with E-state index in [0.717, 1.165) is 56.9 Å². The lowest BCUT2D eigenvalue weighted by Gasteiger charge is -2.27. The maximum atomic E-state index is 6.50. The van der Waals surface area contributed by atoms with Gasteiger partial charge in [-0.3, -0.25) is 4.90 Å². The van der Waals surface area contributed by atoms with E-state index < -0.39 is 0 Å². The van der Waals surface area contributed by atoms with Gasteiger partial charge in [0.1, 0.15) is 6.61 Å². The Bertz CT molecular complexity index is 763. The number of aryl methyl sites for hydroxylation is 1. The number of benzene rings is 2. The van der Waals surface area contributed by atoms with Crippen molar-refractivity contribution in [3.05, 3.63) is 58.1 Å². The summed E-state index contributed by atoms with van der Waals surface area (Å²) in [7, 11) is 1.65. The third-order valence-electron chi connectivity index (χ3n) is 4.90. The fourth-order valence-corrected chi connectivity index (χ4v) is 3.67. The topological polar surface area (TPSA) is 45.8 Å². The quantitative estimate of drug-likeness (QED) is 0.629. The summed E-state index contributed by atoms with van der Waals surface area (Å²) in [5.41, 5.74) is 3.41. The standard InChI is InChI=1S/C22H30ClN3O2/c1-17-4-3-5-18(12-17)16-28-22-20(23)13-19(14-21(22)27-2)15-25-8-11-26-9-6-24-7-10-26/h3-5,12-14,24-25H,6-11,15-16H2,1-2H3. The summed E-state index contributed by atoms with van der Waals surface area (Å²) >= 11 is 6.50.